The first-order valence-corrected chi connectivity index (χ1v) is 6.76. The number of quaternary nitrogens is 1. The predicted octanol–water partition coefficient (Wildman–Crippen LogP) is 0.675. The number of nitrogens with zero attached hydrogens (tertiary/aromatic N) is 1. The van der Waals surface area contributed by atoms with Crippen LogP contribution >= 0.6 is 23.2 Å². The number of carboxylic acids is 1. The highest BCUT2D eigenvalue weighted by Crippen LogP contribution is 2.25. The van der Waals surface area contributed by atoms with E-state index in [4.69, 9.17) is 33.1 Å². The molecule has 0 saturated carbocycles. The number of halogens is 5. The molecule has 1 aliphatic heterocycles. The van der Waals surface area contributed by atoms with Gasteiger partial charge < -0.3 is 20.1 Å². The summed E-state index contributed by atoms with van der Waals surface area (Å²) < 4.78 is 31.5. The molecule has 0 spiro atoms. The maximum Gasteiger partial charge on any atom is 0.430 e. The Bertz CT molecular complexity index is 472. The fourth-order valence-corrected chi connectivity index (χ4v) is 2.24. The highest BCUT2D eigenvalue weighted by molar-refractivity contribution is 6.35. The summed E-state index contributed by atoms with van der Waals surface area (Å²) >= 11 is 11.9. The van der Waals surface area contributed by atoms with Gasteiger partial charge in [-0.25, -0.2) is 0 Å². The monoisotopic (exact) mass is 344 g/mol. The third-order valence-electron chi connectivity index (χ3n) is 2.65. The van der Waals surface area contributed by atoms with E-state index in [-0.39, 0.29) is 0 Å². The average molecular weight is 345 g/mol. The third-order valence-corrected chi connectivity index (χ3v) is 3.09. The van der Waals surface area contributed by atoms with Gasteiger partial charge in [0, 0.05) is 15.7 Å². The molecule has 0 bridgehead atoms. The molecule has 1 aromatic carbocycles. The summed E-state index contributed by atoms with van der Waals surface area (Å²) in [6.45, 7) is 4.42. The van der Waals surface area contributed by atoms with E-state index in [2.05, 4.69) is 10.2 Å². The van der Waals surface area contributed by atoms with Crippen LogP contribution < -0.4 is 15.3 Å². The lowest BCUT2D eigenvalue weighted by molar-refractivity contribution is -0.655. The number of hydrogen-bond acceptors (Lipinski definition) is 3. The molecule has 21 heavy (non-hydrogen) atoms. The van der Waals surface area contributed by atoms with E-state index in [0.717, 1.165) is 31.9 Å². The van der Waals surface area contributed by atoms with Gasteiger partial charge in [0.15, 0.2) is 0 Å². The van der Waals surface area contributed by atoms with Crippen LogP contribution in [0.1, 0.15) is 0 Å². The molecule has 0 unspecified atom stereocenters. The molecule has 2 rings (SSSR count). The Hall–Kier alpha value is -1.18. The third kappa shape index (κ3) is 6.41. The van der Waals surface area contributed by atoms with Gasteiger partial charge in [0.2, 0.25) is 0 Å². The number of carbonyl (C=O) groups excluding carboxylic acids is 1. The zero-order valence-corrected chi connectivity index (χ0v) is 12.3. The molecule has 1 heterocycles. The zero-order chi connectivity index (χ0) is 16.0. The molecular formula is C12H13Cl2F3N2O2. The number of hydrogen-bond donors (Lipinski definition) is 1. The van der Waals surface area contributed by atoms with Crippen LogP contribution in [0.4, 0.5) is 18.9 Å². The summed E-state index contributed by atoms with van der Waals surface area (Å²) in [4.78, 5) is 11.1. The van der Waals surface area contributed by atoms with Gasteiger partial charge >= 0.3 is 6.18 Å². The Morgan fingerprint density at radius 2 is 1.57 bits per heavy atom. The van der Waals surface area contributed by atoms with Crippen molar-refractivity contribution in [2.24, 2.45) is 0 Å². The number of alkyl halides is 3. The summed E-state index contributed by atoms with van der Waals surface area (Å²) in [6.07, 6.45) is -5.19. The quantitative estimate of drug-likeness (QED) is 0.814. The summed E-state index contributed by atoms with van der Waals surface area (Å²) in [7, 11) is 0. The van der Waals surface area contributed by atoms with Crippen LogP contribution in [-0.4, -0.2) is 38.3 Å². The molecule has 0 atom stereocenters. The van der Waals surface area contributed by atoms with Crippen molar-refractivity contribution in [2.45, 2.75) is 6.18 Å². The predicted molar refractivity (Wildman–Crippen MR) is 71.4 cm³/mol. The maximum absolute atomic E-state index is 10.5. The van der Waals surface area contributed by atoms with Gasteiger partial charge in [-0.05, 0) is 18.2 Å². The molecule has 9 heteroatoms. The van der Waals surface area contributed by atoms with Gasteiger partial charge in [0.1, 0.15) is 5.97 Å². The van der Waals surface area contributed by atoms with E-state index in [1.165, 1.54) is 0 Å². The summed E-state index contributed by atoms with van der Waals surface area (Å²) in [5.74, 6) is -3.01. The Morgan fingerprint density at radius 3 is 1.95 bits per heavy atom. The average Bonchev–Trinajstić information content (AvgIpc) is 2.38. The van der Waals surface area contributed by atoms with Gasteiger partial charge in [0.25, 0.3) is 0 Å². The molecule has 1 aliphatic rings. The van der Waals surface area contributed by atoms with Crippen molar-refractivity contribution in [3.05, 3.63) is 28.2 Å². The Balaban J connectivity index is 0.000000270. The molecule has 1 fully saturated rings. The van der Waals surface area contributed by atoms with E-state index < -0.39 is 12.1 Å². The topological polar surface area (TPSA) is 60.0 Å². The first-order chi connectivity index (χ1) is 9.70. The van der Waals surface area contributed by atoms with Crippen molar-refractivity contribution in [1.82, 2.24) is 0 Å². The minimum atomic E-state index is -5.19. The number of piperazine rings is 1. The van der Waals surface area contributed by atoms with E-state index in [1.807, 2.05) is 12.1 Å². The molecule has 118 valence electrons. The first kappa shape index (κ1) is 17.9. The van der Waals surface area contributed by atoms with Crippen molar-refractivity contribution in [1.29, 1.82) is 0 Å². The van der Waals surface area contributed by atoms with Crippen molar-refractivity contribution < 1.29 is 28.4 Å². The largest absolute Gasteiger partial charge is 0.542 e. The molecular weight excluding hydrogens is 332 g/mol. The highest BCUT2D eigenvalue weighted by atomic mass is 35.5. The van der Waals surface area contributed by atoms with Crippen LogP contribution in [0.25, 0.3) is 0 Å². The fraction of sp³-hybridized carbons (Fsp3) is 0.417. The Kier molecular flexibility index (Phi) is 6.57. The normalized spacial score (nSPS) is 15.2. The van der Waals surface area contributed by atoms with Gasteiger partial charge in [-0.15, -0.1) is 0 Å². The highest BCUT2D eigenvalue weighted by Gasteiger charge is 2.28. The second-order valence-corrected chi connectivity index (χ2v) is 5.14. The van der Waals surface area contributed by atoms with Gasteiger partial charge in [-0.2, -0.15) is 13.2 Å². The van der Waals surface area contributed by atoms with E-state index in [0.29, 0.717) is 10.0 Å². The number of rotatable bonds is 1. The molecule has 0 amide bonds. The number of anilines is 1. The Morgan fingerprint density at radius 1 is 1.14 bits per heavy atom. The SMILES string of the molecule is Clc1cc(Cl)cc(N2CC[NH2+]CC2)c1.O=C([O-])C(F)(F)F. The lowest BCUT2D eigenvalue weighted by Crippen LogP contribution is -2.89. The van der Waals surface area contributed by atoms with E-state index in [9.17, 15) is 13.2 Å². The smallest absolute Gasteiger partial charge is 0.430 e. The summed E-state index contributed by atoms with van der Waals surface area (Å²) in [6, 6.07) is 5.71. The first-order valence-electron chi connectivity index (χ1n) is 6.01. The lowest BCUT2D eigenvalue weighted by Gasteiger charge is -2.27. The van der Waals surface area contributed by atoms with Crippen LogP contribution in [0.15, 0.2) is 18.2 Å². The minimum Gasteiger partial charge on any atom is -0.542 e. The van der Waals surface area contributed by atoms with Crippen LogP contribution in [0, 0.1) is 0 Å². The van der Waals surface area contributed by atoms with Gasteiger partial charge in [-0.1, -0.05) is 23.2 Å². The number of carboxylic acid groups (broad SMARTS) is 1. The van der Waals surface area contributed by atoms with Crippen molar-refractivity contribution >= 4 is 34.9 Å². The summed E-state index contributed by atoms with van der Waals surface area (Å²) in [5.41, 5.74) is 1.13. The van der Waals surface area contributed by atoms with Crippen LogP contribution in [-0.2, 0) is 4.79 Å². The number of aliphatic carboxylic acids is 1. The molecule has 0 aliphatic carbocycles. The van der Waals surface area contributed by atoms with E-state index in [1.54, 1.807) is 6.07 Å². The second-order valence-electron chi connectivity index (χ2n) is 4.27. The molecule has 4 nitrogen and oxygen atoms in total. The van der Waals surface area contributed by atoms with Crippen LogP contribution in [0.5, 0.6) is 0 Å². The molecule has 0 aromatic heterocycles. The minimum absolute atomic E-state index is 0.710. The van der Waals surface area contributed by atoms with Crippen LogP contribution in [0.3, 0.4) is 0 Å². The second kappa shape index (κ2) is 7.72. The zero-order valence-electron chi connectivity index (χ0n) is 10.8. The molecule has 2 N–H and O–H groups in total. The van der Waals surface area contributed by atoms with Gasteiger partial charge in [-0.3, -0.25) is 0 Å². The van der Waals surface area contributed by atoms with Crippen molar-refractivity contribution in [3.8, 4) is 0 Å². The van der Waals surface area contributed by atoms with Crippen LogP contribution in [0.2, 0.25) is 10.0 Å². The van der Waals surface area contributed by atoms with Gasteiger partial charge in [0.05, 0.1) is 26.2 Å². The molecule has 0 radical (unpaired) electrons. The standard InChI is InChI=1S/C10H12Cl2N2.C2HF3O2/c11-8-5-9(12)7-10(6-8)14-3-1-13-2-4-14;3-2(4,5)1(6)7/h5-7,13H,1-4H2;(H,6,7). The van der Waals surface area contributed by atoms with Crippen molar-refractivity contribution in [3.63, 3.8) is 0 Å². The molecule has 1 aromatic rings. The number of nitrogens with two attached hydrogens (primary N) is 1. The van der Waals surface area contributed by atoms with Crippen molar-refractivity contribution in [2.75, 3.05) is 31.1 Å². The van der Waals surface area contributed by atoms with E-state index >= 15 is 0 Å². The molecule has 1 saturated heterocycles. The maximum atomic E-state index is 10.5. The lowest BCUT2D eigenvalue weighted by atomic mass is 10.2. The fourth-order valence-electron chi connectivity index (χ4n) is 1.73. The Labute approximate surface area is 129 Å². The number of carbonyl (C=O) groups is 1. The summed E-state index contributed by atoms with van der Waals surface area (Å²) in [5, 5.41) is 12.5. The number of benzene rings is 1.